The molecule has 13 heavy (non-hydrogen) atoms. The molecule has 3 nitrogen and oxygen atoms in total. The Bertz CT molecular complexity index is 291. The molecule has 0 bridgehead atoms. The molecular formula is C9H17NO2S. The van der Waals surface area contributed by atoms with Gasteiger partial charge in [-0.25, -0.2) is 8.42 Å². The number of nitrogens with one attached hydrogen (secondary N) is 1. The van der Waals surface area contributed by atoms with Crippen LogP contribution >= 0.6 is 0 Å². The second kappa shape index (κ2) is 2.95. The van der Waals surface area contributed by atoms with Crippen LogP contribution in [0.3, 0.4) is 0 Å². The Morgan fingerprint density at radius 3 is 2.31 bits per heavy atom. The Kier molecular flexibility index (Phi) is 2.15. The van der Waals surface area contributed by atoms with Gasteiger partial charge in [-0.1, -0.05) is 19.3 Å². The van der Waals surface area contributed by atoms with E-state index < -0.39 is 9.84 Å². The van der Waals surface area contributed by atoms with Gasteiger partial charge < -0.3 is 5.32 Å². The van der Waals surface area contributed by atoms with Gasteiger partial charge in [-0.05, 0) is 19.9 Å². The molecule has 4 heteroatoms. The minimum absolute atomic E-state index is 0.220. The molecule has 0 aromatic carbocycles. The van der Waals surface area contributed by atoms with E-state index in [1.54, 1.807) is 0 Å². The lowest BCUT2D eigenvalue weighted by Crippen LogP contribution is -2.68. The van der Waals surface area contributed by atoms with Crippen LogP contribution in [0.15, 0.2) is 0 Å². The van der Waals surface area contributed by atoms with Crippen LogP contribution in [-0.2, 0) is 9.84 Å². The Morgan fingerprint density at radius 1 is 1.23 bits per heavy atom. The van der Waals surface area contributed by atoms with Gasteiger partial charge >= 0.3 is 0 Å². The molecule has 1 heterocycles. The molecule has 1 aliphatic heterocycles. The fourth-order valence-corrected chi connectivity index (χ4v) is 5.32. The van der Waals surface area contributed by atoms with Crippen LogP contribution in [0.4, 0.5) is 0 Å². The first-order valence-electron chi connectivity index (χ1n) is 5.02. The molecule has 1 atom stereocenters. The number of hydrogen-bond acceptors (Lipinski definition) is 3. The largest absolute Gasteiger partial charge is 0.314 e. The third-order valence-electron chi connectivity index (χ3n) is 3.69. The van der Waals surface area contributed by atoms with Crippen molar-refractivity contribution in [2.24, 2.45) is 0 Å². The smallest absolute Gasteiger partial charge is 0.159 e. The zero-order valence-corrected chi connectivity index (χ0v) is 8.86. The third kappa shape index (κ3) is 1.15. The summed E-state index contributed by atoms with van der Waals surface area (Å²) in [5, 5.41) is 3.14. The molecular weight excluding hydrogens is 186 g/mol. The van der Waals surface area contributed by atoms with Crippen molar-refractivity contribution in [2.75, 3.05) is 12.8 Å². The van der Waals surface area contributed by atoms with Gasteiger partial charge in [0.1, 0.15) is 0 Å². The van der Waals surface area contributed by atoms with Crippen molar-refractivity contribution >= 4 is 9.84 Å². The molecule has 0 aromatic rings. The van der Waals surface area contributed by atoms with Gasteiger partial charge in [-0.15, -0.1) is 0 Å². The Balaban J connectivity index is 2.25. The summed E-state index contributed by atoms with van der Waals surface area (Å²) in [6, 6.07) is 0.220. The third-order valence-corrected chi connectivity index (χ3v) is 6.39. The summed E-state index contributed by atoms with van der Waals surface area (Å²) in [6.07, 6.45) is 5.12. The summed E-state index contributed by atoms with van der Waals surface area (Å²) >= 11 is 0. The number of sulfone groups is 1. The summed E-state index contributed by atoms with van der Waals surface area (Å²) in [4.78, 5) is 0. The molecule has 1 N–H and O–H groups in total. The van der Waals surface area contributed by atoms with Crippen LogP contribution in [0.25, 0.3) is 0 Å². The van der Waals surface area contributed by atoms with Gasteiger partial charge in [-0.3, -0.25) is 0 Å². The monoisotopic (exact) mass is 203 g/mol. The van der Waals surface area contributed by atoms with E-state index >= 15 is 0 Å². The van der Waals surface area contributed by atoms with Gasteiger partial charge in [0.05, 0.1) is 10.5 Å². The average molecular weight is 203 g/mol. The second-order valence-corrected chi connectivity index (χ2v) is 6.62. The normalized spacial score (nSPS) is 35.6. The van der Waals surface area contributed by atoms with Crippen LogP contribution < -0.4 is 5.32 Å². The first kappa shape index (κ1) is 9.46. The van der Waals surface area contributed by atoms with Gasteiger partial charge in [0.2, 0.25) is 0 Å². The molecule has 2 fully saturated rings. The first-order chi connectivity index (χ1) is 6.12. The van der Waals surface area contributed by atoms with Crippen molar-refractivity contribution in [3.63, 3.8) is 0 Å². The van der Waals surface area contributed by atoms with Crippen LogP contribution in [0.2, 0.25) is 0 Å². The maximum absolute atomic E-state index is 11.7. The quantitative estimate of drug-likeness (QED) is 0.682. The topological polar surface area (TPSA) is 46.2 Å². The van der Waals surface area contributed by atoms with E-state index in [4.69, 9.17) is 0 Å². The van der Waals surface area contributed by atoms with Crippen molar-refractivity contribution in [1.29, 1.82) is 0 Å². The van der Waals surface area contributed by atoms with Gasteiger partial charge in [-0.2, -0.15) is 0 Å². The zero-order valence-electron chi connectivity index (χ0n) is 8.04. The summed E-state index contributed by atoms with van der Waals surface area (Å²) in [5.41, 5.74) is 0. The molecule has 76 valence electrons. The highest BCUT2D eigenvalue weighted by Crippen LogP contribution is 2.45. The highest BCUT2D eigenvalue weighted by atomic mass is 32.2. The van der Waals surface area contributed by atoms with Crippen molar-refractivity contribution in [2.45, 2.75) is 42.9 Å². The van der Waals surface area contributed by atoms with E-state index in [-0.39, 0.29) is 10.8 Å². The fourth-order valence-electron chi connectivity index (χ4n) is 2.81. The highest BCUT2D eigenvalue weighted by molar-refractivity contribution is 7.94. The first-order valence-corrected chi connectivity index (χ1v) is 6.67. The van der Waals surface area contributed by atoms with Crippen molar-refractivity contribution in [3.05, 3.63) is 0 Å². The van der Waals surface area contributed by atoms with Crippen molar-refractivity contribution < 1.29 is 8.42 Å². The van der Waals surface area contributed by atoms with E-state index in [9.17, 15) is 8.42 Å². The van der Waals surface area contributed by atoms with Crippen LogP contribution in [0.1, 0.15) is 32.1 Å². The van der Waals surface area contributed by atoms with Crippen LogP contribution in [-0.4, -0.2) is 32.0 Å². The molecule has 1 saturated heterocycles. The maximum Gasteiger partial charge on any atom is 0.159 e. The molecule has 0 aromatic heterocycles. The fraction of sp³-hybridized carbons (Fsp3) is 1.00. The molecule has 0 amide bonds. The highest BCUT2D eigenvalue weighted by Gasteiger charge is 2.59. The van der Waals surface area contributed by atoms with E-state index in [1.165, 1.54) is 6.42 Å². The predicted octanol–water partition coefficient (Wildman–Crippen LogP) is 0.706. The van der Waals surface area contributed by atoms with E-state index in [0.717, 1.165) is 25.7 Å². The van der Waals surface area contributed by atoms with Crippen LogP contribution in [0, 0.1) is 0 Å². The summed E-state index contributed by atoms with van der Waals surface area (Å²) in [7, 11) is -0.898. The molecule has 1 unspecified atom stereocenters. The maximum atomic E-state index is 11.7. The molecule has 1 spiro atoms. The minimum Gasteiger partial charge on any atom is -0.314 e. The van der Waals surface area contributed by atoms with E-state index in [0.29, 0.717) is 5.75 Å². The lowest BCUT2D eigenvalue weighted by atomic mass is 9.82. The van der Waals surface area contributed by atoms with Crippen LogP contribution in [0.5, 0.6) is 0 Å². The lowest BCUT2D eigenvalue weighted by molar-refractivity contribution is 0.280. The summed E-state index contributed by atoms with van der Waals surface area (Å²) < 4.78 is 23.1. The summed E-state index contributed by atoms with van der Waals surface area (Å²) in [6.45, 7) is 0. The van der Waals surface area contributed by atoms with Crippen molar-refractivity contribution in [1.82, 2.24) is 5.32 Å². The molecule has 2 aliphatic rings. The van der Waals surface area contributed by atoms with Gasteiger partial charge in [0, 0.05) is 6.04 Å². The lowest BCUT2D eigenvalue weighted by Gasteiger charge is -2.50. The van der Waals surface area contributed by atoms with E-state index in [2.05, 4.69) is 5.32 Å². The number of rotatable bonds is 1. The Labute approximate surface area is 79.8 Å². The zero-order chi connectivity index (χ0) is 9.53. The Hall–Kier alpha value is -0.0900. The molecule has 1 aliphatic carbocycles. The molecule has 0 radical (unpaired) electrons. The Morgan fingerprint density at radius 2 is 1.85 bits per heavy atom. The standard InChI is InChI=1S/C9H17NO2S/c1-10-8-7-13(11,12)9(8)5-3-2-4-6-9/h8,10H,2-7H2,1H3. The van der Waals surface area contributed by atoms with E-state index in [1.807, 2.05) is 7.05 Å². The molecule has 1 saturated carbocycles. The predicted molar refractivity (Wildman–Crippen MR) is 52.5 cm³/mol. The molecule has 2 rings (SSSR count). The van der Waals surface area contributed by atoms with Crippen molar-refractivity contribution in [3.8, 4) is 0 Å². The van der Waals surface area contributed by atoms with Gasteiger partial charge in [0.25, 0.3) is 0 Å². The van der Waals surface area contributed by atoms with Gasteiger partial charge in [0.15, 0.2) is 9.84 Å². The second-order valence-electron chi connectivity index (χ2n) is 4.25. The number of hydrogen-bond donors (Lipinski definition) is 1. The SMILES string of the molecule is CNC1CS(=O)(=O)C12CCCCC2. The summed E-state index contributed by atoms with van der Waals surface area (Å²) in [5.74, 6) is 0.351. The minimum atomic E-state index is -2.77. The average Bonchev–Trinajstić information content (AvgIpc) is 2.15.